The molecule has 1 N–H and O–H groups in total. The number of pyridine rings is 1. The fraction of sp³-hybridized carbons (Fsp3) is 0.455. The molecule has 3 heterocycles. The Labute approximate surface area is 161 Å². The molecule has 2 aliphatic heterocycles. The van der Waals surface area contributed by atoms with Crippen LogP contribution in [0.4, 0.5) is 17.1 Å². The van der Waals surface area contributed by atoms with Gasteiger partial charge < -0.3 is 15.1 Å². The van der Waals surface area contributed by atoms with Crippen LogP contribution in [0.2, 0.25) is 0 Å². The van der Waals surface area contributed by atoms with E-state index < -0.39 is 0 Å². The van der Waals surface area contributed by atoms with Crippen molar-refractivity contribution >= 4 is 23.0 Å². The Morgan fingerprint density at radius 2 is 1.56 bits per heavy atom. The van der Waals surface area contributed by atoms with Gasteiger partial charge in [0.15, 0.2) is 0 Å². The van der Waals surface area contributed by atoms with Gasteiger partial charge in [-0.15, -0.1) is 0 Å². The number of hydrogen-bond donors (Lipinski definition) is 1. The highest BCUT2D eigenvalue weighted by atomic mass is 16.1. The third-order valence-electron chi connectivity index (χ3n) is 5.73. The summed E-state index contributed by atoms with van der Waals surface area (Å²) in [6, 6.07) is 11.9. The van der Waals surface area contributed by atoms with Gasteiger partial charge in [-0.25, -0.2) is 4.98 Å². The summed E-state index contributed by atoms with van der Waals surface area (Å²) in [7, 11) is 0. The number of rotatable bonds is 4. The molecular weight excluding hydrogens is 336 g/mol. The minimum Gasteiger partial charge on any atom is -0.372 e. The lowest BCUT2D eigenvalue weighted by atomic mass is 9.99. The Kier molecular flexibility index (Phi) is 5.28. The molecule has 5 nitrogen and oxygen atoms in total. The van der Waals surface area contributed by atoms with Crippen molar-refractivity contribution in [3.8, 4) is 0 Å². The van der Waals surface area contributed by atoms with Crippen LogP contribution in [0.25, 0.3) is 0 Å². The normalized spacial score (nSPS) is 18.0. The SMILES string of the molecule is CC1CCN(c2ccc(NC(=O)c3ccc(N4CCCC4)cn3)cc2)CC1. The smallest absolute Gasteiger partial charge is 0.274 e. The Balaban J connectivity index is 1.36. The summed E-state index contributed by atoms with van der Waals surface area (Å²) in [6.45, 7) is 6.70. The molecule has 1 aromatic heterocycles. The first-order chi connectivity index (χ1) is 13.2. The number of hydrogen-bond acceptors (Lipinski definition) is 4. The number of amides is 1. The van der Waals surface area contributed by atoms with Crippen molar-refractivity contribution < 1.29 is 4.79 Å². The molecule has 1 amide bonds. The van der Waals surface area contributed by atoms with Crippen LogP contribution in [0, 0.1) is 5.92 Å². The van der Waals surface area contributed by atoms with Crippen LogP contribution >= 0.6 is 0 Å². The number of piperidine rings is 1. The predicted molar refractivity (Wildman–Crippen MR) is 111 cm³/mol. The van der Waals surface area contributed by atoms with E-state index in [2.05, 4.69) is 39.2 Å². The highest BCUT2D eigenvalue weighted by Gasteiger charge is 2.16. The minimum atomic E-state index is -0.164. The van der Waals surface area contributed by atoms with Crippen LogP contribution < -0.4 is 15.1 Å². The molecule has 2 aliphatic rings. The quantitative estimate of drug-likeness (QED) is 0.884. The molecule has 0 unspecified atom stereocenters. The van der Waals surface area contributed by atoms with Crippen molar-refractivity contribution in [2.75, 3.05) is 41.3 Å². The molecule has 5 heteroatoms. The lowest BCUT2D eigenvalue weighted by Crippen LogP contribution is -2.32. The highest BCUT2D eigenvalue weighted by molar-refractivity contribution is 6.03. The van der Waals surface area contributed by atoms with Crippen LogP contribution in [0.3, 0.4) is 0 Å². The van der Waals surface area contributed by atoms with Crippen molar-refractivity contribution in [2.45, 2.75) is 32.6 Å². The van der Waals surface area contributed by atoms with Crippen LogP contribution in [0.15, 0.2) is 42.6 Å². The zero-order chi connectivity index (χ0) is 18.6. The molecule has 27 heavy (non-hydrogen) atoms. The number of carbonyl (C=O) groups excluding carboxylic acids is 1. The summed E-state index contributed by atoms with van der Waals surface area (Å²) in [5.74, 6) is 0.659. The molecule has 0 saturated carbocycles. The zero-order valence-electron chi connectivity index (χ0n) is 16.0. The van der Waals surface area contributed by atoms with E-state index in [1.54, 1.807) is 6.20 Å². The average Bonchev–Trinajstić information content (AvgIpc) is 3.24. The van der Waals surface area contributed by atoms with Crippen LogP contribution in [0.1, 0.15) is 43.1 Å². The van der Waals surface area contributed by atoms with Crippen LogP contribution in [-0.4, -0.2) is 37.1 Å². The number of benzene rings is 1. The van der Waals surface area contributed by atoms with E-state index in [9.17, 15) is 4.79 Å². The number of aromatic nitrogens is 1. The molecule has 0 spiro atoms. The predicted octanol–water partition coefficient (Wildman–Crippen LogP) is 4.17. The van der Waals surface area contributed by atoms with Gasteiger partial charge in [0.25, 0.3) is 5.91 Å². The molecule has 0 aliphatic carbocycles. The van der Waals surface area contributed by atoms with Gasteiger partial charge in [-0.3, -0.25) is 4.79 Å². The zero-order valence-corrected chi connectivity index (χ0v) is 16.0. The Morgan fingerprint density at radius 1 is 0.926 bits per heavy atom. The van der Waals surface area contributed by atoms with E-state index in [0.717, 1.165) is 43.5 Å². The Morgan fingerprint density at radius 3 is 2.19 bits per heavy atom. The Bertz CT molecular complexity index is 758. The lowest BCUT2D eigenvalue weighted by molar-refractivity contribution is 0.102. The first kappa shape index (κ1) is 17.8. The van der Waals surface area contributed by atoms with E-state index >= 15 is 0 Å². The first-order valence-corrected chi connectivity index (χ1v) is 10.1. The van der Waals surface area contributed by atoms with E-state index in [1.807, 2.05) is 24.3 Å². The molecule has 2 saturated heterocycles. The monoisotopic (exact) mass is 364 g/mol. The van der Waals surface area contributed by atoms with Crippen molar-refractivity contribution in [1.82, 2.24) is 4.98 Å². The van der Waals surface area contributed by atoms with Gasteiger partial charge in [-0.05, 0) is 68.0 Å². The van der Waals surface area contributed by atoms with Gasteiger partial charge in [0.2, 0.25) is 0 Å². The maximum Gasteiger partial charge on any atom is 0.274 e. The van der Waals surface area contributed by atoms with Gasteiger partial charge in [-0.2, -0.15) is 0 Å². The highest BCUT2D eigenvalue weighted by Crippen LogP contribution is 2.24. The second kappa shape index (κ2) is 7.99. The lowest BCUT2D eigenvalue weighted by Gasteiger charge is -2.32. The van der Waals surface area contributed by atoms with Crippen molar-refractivity contribution in [3.05, 3.63) is 48.3 Å². The maximum atomic E-state index is 12.5. The van der Waals surface area contributed by atoms with Gasteiger partial charge >= 0.3 is 0 Å². The second-order valence-electron chi connectivity index (χ2n) is 7.77. The third-order valence-corrected chi connectivity index (χ3v) is 5.73. The summed E-state index contributed by atoms with van der Waals surface area (Å²) in [4.78, 5) is 21.6. The summed E-state index contributed by atoms with van der Waals surface area (Å²) >= 11 is 0. The van der Waals surface area contributed by atoms with Crippen LogP contribution in [0.5, 0.6) is 0 Å². The van der Waals surface area contributed by atoms with Gasteiger partial charge in [0, 0.05) is 37.6 Å². The summed E-state index contributed by atoms with van der Waals surface area (Å²) in [6.07, 6.45) is 6.76. The molecule has 0 atom stereocenters. The van der Waals surface area contributed by atoms with Gasteiger partial charge in [0.1, 0.15) is 5.69 Å². The maximum absolute atomic E-state index is 12.5. The third kappa shape index (κ3) is 4.24. The van der Waals surface area contributed by atoms with Gasteiger partial charge in [-0.1, -0.05) is 6.92 Å². The summed E-state index contributed by atoms with van der Waals surface area (Å²) in [5.41, 5.74) is 3.59. The summed E-state index contributed by atoms with van der Waals surface area (Å²) in [5, 5.41) is 2.95. The summed E-state index contributed by atoms with van der Waals surface area (Å²) < 4.78 is 0. The van der Waals surface area contributed by atoms with Crippen molar-refractivity contribution in [1.29, 1.82) is 0 Å². The van der Waals surface area contributed by atoms with Crippen LogP contribution in [-0.2, 0) is 0 Å². The standard InChI is InChI=1S/C22H28N4O/c1-17-10-14-26(15-11-17)19-6-4-18(5-7-19)24-22(27)21-9-8-20(16-23-21)25-12-2-3-13-25/h4-9,16-17H,2-3,10-15H2,1H3,(H,24,27). The largest absolute Gasteiger partial charge is 0.372 e. The Hall–Kier alpha value is -2.56. The number of nitrogens with one attached hydrogen (secondary N) is 1. The number of anilines is 3. The molecule has 1 aromatic carbocycles. The first-order valence-electron chi connectivity index (χ1n) is 10.1. The minimum absolute atomic E-state index is 0.164. The van der Waals surface area contributed by atoms with E-state index in [1.165, 1.54) is 31.4 Å². The molecule has 2 fully saturated rings. The molecule has 0 radical (unpaired) electrons. The van der Waals surface area contributed by atoms with Gasteiger partial charge in [0.05, 0.1) is 11.9 Å². The van der Waals surface area contributed by atoms with E-state index in [4.69, 9.17) is 0 Å². The second-order valence-corrected chi connectivity index (χ2v) is 7.77. The molecule has 0 bridgehead atoms. The fourth-order valence-corrected chi connectivity index (χ4v) is 3.90. The topological polar surface area (TPSA) is 48.5 Å². The molecule has 2 aromatic rings. The van der Waals surface area contributed by atoms with Crippen molar-refractivity contribution in [3.63, 3.8) is 0 Å². The van der Waals surface area contributed by atoms with Crippen molar-refractivity contribution in [2.24, 2.45) is 5.92 Å². The molecule has 142 valence electrons. The van der Waals surface area contributed by atoms with E-state index in [0.29, 0.717) is 5.69 Å². The number of nitrogens with zero attached hydrogens (tertiary/aromatic N) is 3. The average molecular weight is 364 g/mol. The molecular formula is C22H28N4O. The van der Waals surface area contributed by atoms with E-state index in [-0.39, 0.29) is 5.91 Å². The fourth-order valence-electron chi connectivity index (χ4n) is 3.90. The molecule has 4 rings (SSSR count). The number of carbonyl (C=O) groups is 1.